The first-order valence-electron chi connectivity index (χ1n) is 4.34. The van der Waals surface area contributed by atoms with E-state index in [2.05, 4.69) is 47.9 Å². The number of hydrogen-bond acceptors (Lipinski definition) is 1. The summed E-state index contributed by atoms with van der Waals surface area (Å²) in [4.78, 5) is 7.25. The SMILES string of the molecule is C[C]1[C](C)[C](C)[C](C)[C]1C.[C-]#[O+].[C-]#[O+].[Cr+2].[N-]=O. The van der Waals surface area contributed by atoms with Gasteiger partial charge in [0.25, 0.3) is 0 Å². The van der Waals surface area contributed by atoms with E-state index in [9.17, 15) is 0 Å². The molecule has 0 spiro atoms. The van der Waals surface area contributed by atoms with Crippen LogP contribution in [0.15, 0.2) is 0 Å². The zero-order chi connectivity index (χ0) is 13.9. The van der Waals surface area contributed by atoms with Crippen LogP contribution in [0, 0.1) is 47.8 Å². The number of nitroso groups, excluding NO2 is 1. The average Bonchev–Trinajstić information content (AvgIpc) is 2.55. The van der Waals surface area contributed by atoms with Crippen LogP contribution in [0.1, 0.15) is 34.6 Å². The fourth-order valence-corrected chi connectivity index (χ4v) is 1.41. The van der Waals surface area contributed by atoms with Gasteiger partial charge < -0.3 is 10.5 Å². The Hall–Kier alpha value is -0.388. The van der Waals surface area contributed by atoms with Crippen molar-refractivity contribution in [3.8, 4) is 0 Å². The molecule has 0 aromatic heterocycles. The molecule has 0 heterocycles. The molecule has 0 N–H and O–H groups in total. The maximum Gasteiger partial charge on any atom is 2.00 e. The van der Waals surface area contributed by atoms with Crippen molar-refractivity contribution in [1.82, 2.24) is 0 Å². The van der Waals surface area contributed by atoms with Gasteiger partial charge >= 0.3 is 40.0 Å². The van der Waals surface area contributed by atoms with Gasteiger partial charge in [-0.15, -0.1) is 0 Å². The van der Waals surface area contributed by atoms with E-state index in [0.717, 1.165) is 0 Å². The third-order valence-corrected chi connectivity index (χ3v) is 2.81. The Morgan fingerprint density at radius 1 is 0.647 bits per heavy atom. The van der Waals surface area contributed by atoms with Crippen molar-refractivity contribution in [2.45, 2.75) is 34.6 Å². The zero-order valence-electron chi connectivity index (χ0n) is 10.6. The van der Waals surface area contributed by atoms with Gasteiger partial charge in [-0.2, -0.15) is 0 Å². The first-order valence-corrected chi connectivity index (χ1v) is 4.34. The Labute approximate surface area is 115 Å². The normalized spacial score (nSPS) is 17.2. The third-order valence-electron chi connectivity index (χ3n) is 2.81. The molecule has 0 aromatic rings. The largest absolute Gasteiger partial charge is 2.00 e. The molecule has 5 heteroatoms. The number of rotatable bonds is 0. The Kier molecular flexibility index (Phi) is 23.4. The van der Waals surface area contributed by atoms with Gasteiger partial charge in [-0.05, 0) is 29.6 Å². The van der Waals surface area contributed by atoms with Crippen LogP contribution in [0.5, 0.6) is 0 Å². The van der Waals surface area contributed by atoms with Gasteiger partial charge in [-0.25, -0.2) is 0 Å². The summed E-state index contributed by atoms with van der Waals surface area (Å²) in [5.74, 6) is 7.34. The van der Waals surface area contributed by atoms with Crippen molar-refractivity contribution in [2.75, 3.05) is 0 Å². The second kappa shape index (κ2) is 15.6. The Bertz CT molecular complexity index is 158. The monoisotopic (exact) mass is 273 g/mol. The summed E-state index contributed by atoms with van der Waals surface area (Å²) < 4.78 is 15.0. The summed E-state index contributed by atoms with van der Waals surface area (Å²) in [5, 5.41) is 0. The Morgan fingerprint density at radius 2 is 0.706 bits per heavy atom. The second-order valence-corrected chi connectivity index (χ2v) is 3.12. The molecule has 0 bridgehead atoms. The fourth-order valence-electron chi connectivity index (χ4n) is 1.41. The topological polar surface area (TPSA) is 79.2 Å². The molecule has 91 valence electrons. The van der Waals surface area contributed by atoms with Gasteiger partial charge in [0.05, 0.1) is 0 Å². The second-order valence-electron chi connectivity index (χ2n) is 3.12. The molecule has 1 saturated carbocycles. The van der Waals surface area contributed by atoms with Gasteiger partial charge in [0, 0.05) is 0 Å². The van der Waals surface area contributed by atoms with Crippen molar-refractivity contribution in [1.29, 1.82) is 0 Å². The molecule has 0 aromatic carbocycles. The Morgan fingerprint density at radius 3 is 0.765 bits per heavy atom. The minimum Gasteiger partial charge on any atom is -0.577 e. The molecular weight excluding hydrogens is 258 g/mol. The van der Waals surface area contributed by atoms with E-state index in [1.165, 1.54) is 29.6 Å². The minimum atomic E-state index is 0. The summed E-state index contributed by atoms with van der Waals surface area (Å²) >= 11 is 0. The molecule has 1 aliphatic carbocycles. The molecular formula is C12H15CrNO3+. The van der Waals surface area contributed by atoms with E-state index < -0.39 is 0 Å². The average molecular weight is 273 g/mol. The van der Waals surface area contributed by atoms with E-state index in [0.29, 0.717) is 0 Å². The minimum absolute atomic E-state index is 0. The van der Waals surface area contributed by atoms with Crippen LogP contribution in [0.25, 0.3) is 5.59 Å². The molecule has 1 fully saturated rings. The summed E-state index contributed by atoms with van der Waals surface area (Å²) in [6, 6.07) is 0. The van der Waals surface area contributed by atoms with Crippen LogP contribution >= 0.6 is 0 Å². The maximum absolute atomic E-state index is 7.50. The van der Waals surface area contributed by atoms with Gasteiger partial charge in [-0.1, -0.05) is 34.6 Å². The number of nitrogens with zero attached hydrogens (tertiary/aromatic N) is 1. The maximum atomic E-state index is 7.50. The fraction of sp³-hybridized carbons (Fsp3) is 0.417. The predicted octanol–water partition coefficient (Wildman–Crippen LogP) is 3.22. The molecule has 0 saturated heterocycles. The summed E-state index contributed by atoms with van der Waals surface area (Å²) in [6.07, 6.45) is 0. The van der Waals surface area contributed by atoms with Gasteiger partial charge in [0.15, 0.2) is 0 Å². The molecule has 0 atom stereocenters. The van der Waals surface area contributed by atoms with Crippen LogP contribution in [0.2, 0.25) is 0 Å². The third kappa shape index (κ3) is 7.52. The zero-order valence-corrected chi connectivity index (χ0v) is 11.9. The van der Waals surface area contributed by atoms with E-state index in [1.54, 1.807) is 0 Å². The molecule has 0 amide bonds. The Balaban J connectivity index is -0.000000106. The molecule has 17 heavy (non-hydrogen) atoms. The van der Waals surface area contributed by atoms with Crippen molar-refractivity contribution in [3.05, 3.63) is 53.4 Å². The van der Waals surface area contributed by atoms with Crippen LogP contribution < -0.4 is 0 Å². The first-order chi connectivity index (χ1) is 7.55. The first kappa shape index (κ1) is 25.5. The van der Waals surface area contributed by atoms with Crippen molar-refractivity contribution in [3.63, 3.8) is 0 Å². The van der Waals surface area contributed by atoms with Crippen molar-refractivity contribution in [2.24, 2.45) is 0 Å². The smallest absolute Gasteiger partial charge is 0.577 e. The number of hydrogen-bond donors (Lipinski definition) is 0. The quantitative estimate of drug-likeness (QED) is 0.493. The van der Waals surface area contributed by atoms with E-state index in [4.69, 9.17) is 19.8 Å². The summed E-state index contributed by atoms with van der Waals surface area (Å²) in [6.45, 7) is 20.0. The molecule has 0 aliphatic heterocycles. The van der Waals surface area contributed by atoms with Crippen LogP contribution in [-0.4, -0.2) is 0 Å². The van der Waals surface area contributed by atoms with E-state index in [1.807, 2.05) is 0 Å². The molecule has 0 unspecified atom stereocenters. The van der Waals surface area contributed by atoms with Gasteiger partial charge in [0.1, 0.15) is 0 Å². The van der Waals surface area contributed by atoms with Gasteiger partial charge in [0.2, 0.25) is 0 Å². The van der Waals surface area contributed by atoms with Crippen LogP contribution in [0.3, 0.4) is 0 Å². The van der Waals surface area contributed by atoms with Crippen molar-refractivity contribution >= 4 is 0 Å². The molecule has 4 nitrogen and oxygen atoms in total. The van der Waals surface area contributed by atoms with Crippen LogP contribution in [0.4, 0.5) is 0 Å². The predicted molar refractivity (Wildman–Crippen MR) is 59.2 cm³/mol. The molecule has 1 aliphatic rings. The van der Waals surface area contributed by atoms with E-state index in [-0.39, 0.29) is 17.4 Å². The molecule has 5 radical (unpaired) electrons. The summed E-state index contributed by atoms with van der Waals surface area (Å²) in [5.41, 5.74) is 5.75. The summed E-state index contributed by atoms with van der Waals surface area (Å²) in [7, 11) is 0. The van der Waals surface area contributed by atoms with Gasteiger partial charge in [-0.3, -0.25) is 0 Å². The van der Waals surface area contributed by atoms with E-state index >= 15 is 0 Å². The standard InChI is InChI=1S/C10H15.2CO.Cr.NO/c1-6-7(2)9(4)10(5)8(6)3;2*1-2;;1-2/h1-5H3;;;;/q;;;+2;-1. The van der Waals surface area contributed by atoms with Crippen molar-refractivity contribution < 1.29 is 26.7 Å². The molecule has 1 rings (SSSR count). The van der Waals surface area contributed by atoms with Crippen LogP contribution in [-0.2, 0) is 26.7 Å².